The highest BCUT2D eigenvalue weighted by atomic mass is 32.2. The minimum atomic E-state index is -3.53. The molecular weight excluding hydrogens is 756 g/mol. The number of hydrogen-bond acceptors (Lipinski definition) is 9. The van der Waals surface area contributed by atoms with Gasteiger partial charge in [0.2, 0.25) is 5.91 Å². The summed E-state index contributed by atoms with van der Waals surface area (Å²) in [5.74, 6) is 0.505. The lowest BCUT2D eigenvalue weighted by atomic mass is 9.56. The van der Waals surface area contributed by atoms with E-state index in [9.17, 15) is 18.0 Å². The Bertz CT molecular complexity index is 1900. The number of hydrogen-bond donors (Lipinski definition) is 1. The average molecular weight is 819 g/mol. The highest BCUT2D eigenvalue weighted by molar-refractivity contribution is 7.92. The number of benzene rings is 2. The minimum Gasteiger partial charge on any atom is -0.443 e. The minimum absolute atomic E-state index is 0.0298. The van der Waals surface area contributed by atoms with Crippen molar-refractivity contribution in [3.05, 3.63) is 72.1 Å². The Labute approximate surface area is 344 Å². The Morgan fingerprint density at radius 2 is 1.59 bits per heavy atom. The lowest BCUT2D eigenvalue weighted by molar-refractivity contribution is -0.129. The number of ether oxygens (including phenoxy) is 1. The molecule has 11 nitrogen and oxygen atoms in total. The van der Waals surface area contributed by atoms with E-state index in [-0.39, 0.29) is 36.1 Å². The third kappa shape index (κ3) is 8.56. The number of halogens is 1. The van der Waals surface area contributed by atoms with E-state index in [0.717, 1.165) is 115 Å². The third-order valence-electron chi connectivity index (χ3n) is 14.6. The second-order valence-corrected chi connectivity index (χ2v) is 20.6. The van der Waals surface area contributed by atoms with Crippen LogP contribution in [0.2, 0.25) is 0 Å². The van der Waals surface area contributed by atoms with Gasteiger partial charge in [-0.15, -0.1) is 0 Å². The molecule has 1 aliphatic carbocycles. The molecule has 58 heavy (non-hydrogen) atoms. The van der Waals surface area contributed by atoms with Crippen LogP contribution in [0.4, 0.5) is 14.9 Å². The van der Waals surface area contributed by atoms with Gasteiger partial charge in [0.25, 0.3) is 0 Å². The van der Waals surface area contributed by atoms with Crippen LogP contribution in [0.5, 0.6) is 0 Å². The number of sulfone groups is 1. The van der Waals surface area contributed by atoms with Gasteiger partial charge in [-0.1, -0.05) is 24.6 Å². The highest BCUT2D eigenvalue weighted by Gasteiger charge is 2.58. The van der Waals surface area contributed by atoms with Crippen LogP contribution in [0, 0.1) is 23.6 Å². The zero-order valence-electron chi connectivity index (χ0n) is 34.3. The molecule has 0 aromatic heterocycles. The predicted octanol–water partition coefficient (Wildman–Crippen LogP) is 5.30. The Balaban J connectivity index is 0.846. The molecule has 2 amide bonds. The first kappa shape index (κ1) is 41.2. The van der Waals surface area contributed by atoms with Crippen LogP contribution < -0.4 is 10.6 Å². The zero-order valence-corrected chi connectivity index (χ0v) is 35.1. The normalized spacial score (nSPS) is 26.9. The summed E-state index contributed by atoms with van der Waals surface area (Å²) in [4.78, 5) is 36.6. The number of rotatable bonds is 14. The molecule has 0 spiro atoms. The van der Waals surface area contributed by atoms with Crippen molar-refractivity contribution in [3.8, 4) is 0 Å². The number of anilines is 1. The molecular formula is C45H63FN6O5S. The molecule has 2 N–H and O–H groups in total. The molecule has 1 saturated carbocycles. The Morgan fingerprint density at radius 3 is 2.24 bits per heavy atom. The van der Waals surface area contributed by atoms with Crippen molar-refractivity contribution in [3.63, 3.8) is 0 Å². The summed E-state index contributed by atoms with van der Waals surface area (Å²) in [6.07, 6.45) is 12.2. The van der Waals surface area contributed by atoms with E-state index >= 15 is 4.39 Å². The van der Waals surface area contributed by atoms with Crippen LogP contribution in [0.3, 0.4) is 0 Å². The van der Waals surface area contributed by atoms with Crippen LogP contribution in [0.1, 0.15) is 70.3 Å². The topological polar surface area (TPSA) is 120 Å². The van der Waals surface area contributed by atoms with Crippen molar-refractivity contribution in [2.24, 2.45) is 23.5 Å². The van der Waals surface area contributed by atoms with Gasteiger partial charge < -0.3 is 30.1 Å². The maximum absolute atomic E-state index is 15.1. The van der Waals surface area contributed by atoms with Gasteiger partial charge in [-0.3, -0.25) is 9.69 Å². The number of carbonyl (C=O) groups is 2. The fourth-order valence-electron chi connectivity index (χ4n) is 11.3. The van der Waals surface area contributed by atoms with E-state index in [1.54, 1.807) is 29.2 Å². The summed E-state index contributed by atoms with van der Waals surface area (Å²) >= 11 is 0. The number of piperidine rings is 2. The van der Waals surface area contributed by atoms with Crippen molar-refractivity contribution in [2.75, 3.05) is 90.0 Å². The lowest BCUT2D eigenvalue weighted by Gasteiger charge is -2.55. The van der Waals surface area contributed by atoms with Crippen molar-refractivity contribution < 1.29 is 27.1 Å². The summed E-state index contributed by atoms with van der Waals surface area (Å²) in [5, 5.41) is -0.573. The lowest BCUT2D eigenvalue weighted by Crippen LogP contribution is -2.60. The van der Waals surface area contributed by atoms with Gasteiger partial charge in [-0.05, 0) is 145 Å². The molecule has 8 rings (SSSR count). The second kappa shape index (κ2) is 17.2. The molecule has 0 radical (unpaired) electrons. The first-order chi connectivity index (χ1) is 27.9. The molecule has 3 atom stereocenters. The molecule has 13 heteroatoms. The zero-order chi connectivity index (χ0) is 40.5. The average Bonchev–Trinajstić information content (AvgIpc) is 3.53. The number of carbonyl (C=O) groups excluding carboxylic acids is 2. The van der Waals surface area contributed by atoms with Gasteiger partial charge in [0, 0.05) is 74.8 Å². The van der Waals surface area contributed by atoms with Crippen molar-refractivity contribution >= 4 is 27.5 Å². The van der Waals surface area contributed by atoms with Crippen molar-refractivity contribution in [1.82, 2.24) is 19.6 Å². The molecule has 6 aliphatic rings. The quantitative estimate of drug-likeness (QED) is 0.254. The molecule has 316 valence electrons. The van der Waals surface area contributed by atoms with E-state index in [4.69, 9.17) is 10.5 Å². The van der Waals surface area contributed by atoms with E-state index in [2.05, 4.69) is 25.7 Å². The van der Waals surface area contributed by atoms with Crippen LogP contribution in [-0.2, 0) is 24.8 Å². The fraction of sp³-hybridized carbons (Fsp3) is 0.644. The molecule has 5 aliphatic heterocycles. The summed E-state index contributed by atoms with van der Waals surface area (Å²) in [6.45, 7) is 13.1. The third-order valence-corrected chi connectivity index (χ3v) is 16.8. The standard InChI is InChI=1S/C45H63FN6O5S/c1-44(57-43(47)54)19-6-11-41(44)45(33-50-23-8-24-50,36-9-5-10-37(46)27-36)35-17-25-49(26-18-35)28-34-29-51(30-34)38-13-15-39(16-14-38)58(55,56)40-31-52(32-40)42(53)12-7-22-48-20-3-2-4-21-48/h5,7,9-10,12-16,27,34-35,40-41H,2-4,6,8,11,17-26,28-33H2,1H3,(H2,47,54)/b12-7+/t41-,44-,45-/m0/s1. The van der Waals surface area contributed by atoms with E-state index < -0.39 is 26.8 Å². The molecule has 2 aromatic rings. The summed E-state index contributed by atoms with van der Waals surface area (Å²) in [5.41, 5.74) is 6.65. The SMILES string of the molecule is C[C@]1(OC(N)=O)CCC[C@@H]1[C@](CN1CCC1)(c1cccc(F)c1)C1CCN(CC2CN(c3ccc(S(=O)(=O)C4CN(C(=O)/C=C/CN5CCCCC5)C4)cc3)C2)CC1. The van der Waals surface area contributed by atoms with Crippen LogP contribution in [0.15, 0.2) is 65.6 Å². The summed E-state index contributed by atoms with van der Waals surface area (Å²) in [7, 11) is -3.53. The largest absolute Gasteiger partial charge is 0.443 e. The van der Waals surface area contributed by atoms with Gasteiger partial charge in [-0.25, -0.2) is 17.6 Å². The smallest absolute Gasteiger partial charge is 0.405 e. The van der Waals surface area contributed by atoms with Gasteiger partial charge in [0.05, 0.1) is 4.90 Å². The van der Waals surface area contributed by atoms with Crippen LogP contribution >= 0.6 is 0 Å². The maximum Gasteiger partial charge on any atom is 0.405 e. The Kier molecular flexibility index (Phi) is 12.2. The number of nitrogens with two attached hydrogens (primary N) is 1. The Hall–Kier alpha value is -3.52. The summed E-state index contributed by atoms with van der Waals surface area (Å²) < 4.78 is 47.9. The number of primary amides is 1. The highest BCUT2D eigenvalue weighted by Crippen LogP contribution is 2.56. The van der Waals surface area contributed by atoms with E-state index in [1.165, 1.54) is 31.7 Å². The van der Waals surface area contributed by atoms with E-state index in [0.29, 0.717) is 16.7 Å². The Morgan fingerprint density at radius 1 is 0.879 bits per heavy atom. The van der Waals surface area contributed by atoms with Crippen molar-refractivity contribution in [2.45, 2.75) is 85.9 Å². The predicted molar refractivity (Wildman–Crippen MR) is 224 cm³/mol. The fourth-order valence-corrected chi connectivity index (χ4v) is 13.0. The summed E-state index contributed by atoms with van der Waals surface area (Å²) in [6, 6.07) is 14.5. The van der Waals surface area contributed by atoms with Gasteiger partial charge in [0.1, 0.15) is 16.7 Å². The second-order valence-electron chi connectivity index (χ2n) is 18.4. The van der Waals surface area contributed by atoms with Crippen molar-refractivity contribution in [1.29, 1.82) is 0 Å². The number of nitrogens with zero attached hydrogens (tertiary/aromatic N) is 5. The molecule has 5 saturated heterocycles. The number of amides is 2. The monoisotopic (exact) mass is 818 g/mol. The van der Waals surface area contributed by atoms with Crippen LogP contribution in [0.25, 0.3) is 0 Å². The van der Waals surface area contributed by atoms with Gasteiger partial charge >= 0.3 is 6.09 Å². The first-order valence-corrected chi connectivity index (χ1v) is 23.4. The maximum atomic E-state index is 15.1. The molecule has 0 unspecified atom stereocenters. The molecule has 2 aromatic carbocycles. The molecule has 5 heterocycles. The van der Waals surface area contributed by atoms with Gasteiger partial charge in [-0.2, -0.15) is 0 Å². The van der Waals surface area contributed by atoms with Gasteiger partial charge in [0.15, 0.2) is 9.84 Å². The number of likely N-dealkylation sites (tertiary alicyclic amines) is 4. The molecule has 6 fully saturated rings. The van der Waals surface area contributed by atoms with Crippen LogP contribution in [-0.4, -0.2) is 136 Å². The first-order valence-electron chi connectivity index (χ1n) is 21.9. The molecule has 0 bridgehead atoms. The van der Waals surface area contributed by atoms with E-state index in [1.807, 2.05) is 31.2 Å².